The molecule has 0 saturated heterocycles. The normalized spacial score (nSPS) is 11.1. The van der Waals surface area contributed by atoms with Gasteiger partial charge in [0.2, 0.25) is 0 Å². The zero-order chi connectivity index (χ0) is 33.7. The number of amides is 2. The number of rotatable bonds is 14. The Bertz CT molecular complexity index is 1820. The second kappa shape index (κ2) is 16.5. The first kappa shape index (κ1) is 33.3. The molecule has 9 heteroatoms. The zero-order valence-corrected chi connectivity index (χ0v) is 26.7. The van der Waals surface area contributed by atoms with Crippen LogP contribution in [0.4, 0.5) is 5.69 Å². The van der Waals surface area contributed by atoms with Crippen LogP contribution in [0.2, 0.25) is 0 Å². The van der Waals surface area contributed by atoms with Crippen molar-refractivity contribution < 1.29 is 33.3 Å². The third-order valence-electron chi connectivity index (χ3n) is 7.47. The van der Waals surface area contributed by atoms with Crippen molar-refractivity contribution in [3.8, 4) is 28.4 Å². The van der Waals surface area contributed by atoms with E-state index in [1.807, 2.05) is 103 Å². The van der Waals surface area contributed by atoms with E-state index in [9.17, 15) is 14.4 Å². The Morgan fingerprint density at radius 2 is 1.35 bits per heavy atom. The van der Waals surface area contributed by atoms with Gasteiger partial charge in [-0.3, -0.25) is 9.59 Å². The number of carbonyl (C=O) groups excluding carboxylic acids is 3. The molecule has 5 aromatic rings. The standard InChI is InChI=1S/C39H36N2O7/c1-45-33-12-8-11-30(24-33)34-13-6-7-14-35(34)40-37(42)26-48-32-21-17-29(18-22-32)38(43)41-36(39(44)46-2)23-27-15-19-31(20-16-27)47-25-28-9-4-3-5-10-28/h3-22,24,36H,23,25-26H2,1-2H3,(H,40,42)(H,41,43). The van der Waals surface area contributed by atoms with E-state index in [4.69, 9.17) is 18.9 Å². The van der Waals surface area contributed by atoms with Gasteiger partial charge in [0, 0.05) is 23.2 Å². The number of methoxy groups -OCH3 is 2. The molecule has 0 heterocycles. The van der Waals surface area contributed by atoms with Crippen molar-refractivity contribution in [2.24, 2.45) is 0 Å². The number of para-hydroxylation sites is 1. The van der Waals surface area contributed by atoms with E-state index in [2.05, 4.69) is 10.6 Å². The quantitative estimate of drug-likeness (QED) is 0.133. The second-order valence-electron chi connectivity index (χ2n) is 10.8. The maximum atomic E-state index is 13.1. The minimum absolute atomic E-state index is 0.231. The van der Waals surface area contributed by atoms with Crippen LogP contribution in [-0.4, -0.2) is 44.7 Å². The van der Waals surface area contributed by atoms with Gasteiger partial charge in [-0.1, -0.05) is 72.8 Å². The molecule has 2 amide bonds. The van der Waals surface area contributed by atoms with Crippen LogP contribution in [0.25, 0.3) is 11.1 Å². The molecule has 0 spiro atoms. The van der Waals surface area contributed by atoms with Gasteiger partial charge in [0.25, 0.3) is 11.8 Å². The van der Waals surface area contributed by atoms with Crippen molar-refractivity contribution in [1.82, 2.24) is 5.32 Å². The summed E-state index contributed by atoms with van der Waals surface area (Å²) in [6, 6.07) is 37.7. The highest BCUT2D eigenvalue weighted by Gasteiger charge is 2.23. The Balaban J connectivity index is 1.13. The van der Waals surface area contributed by atoms with E-state index in [1.165, 1.54) is 7.11 Å². The van der Waals surface area contributed by atoms with Crippen molar-refractivity contribution in [3.05, 3.63) is 144 Å². The van der Waals surface area contributed by atoms with Crippen molar-refractivity contribution in [2.45, 2.75) is 19.1 Å². The summed E-state index contributed by atoms with van der Waals surface area (Å²) in [6.07, 6.45) is 0.231. The number of ether oxygens (including phenoxy) is 4. The number of esters is 1. The van der Waals surface area contributed by atoms with E-state index >= 15 is 0 Å². The second-order valence-corrected chi connectivity index (χ2v) is 10.8. The first-order chi connectivity index (χ1) is 23.4. The molecule has 5 rings (SSSR count). The molecule has 0 aliphatic carbocycles. The van der Waals surface area contributed by atoms with Crippen LogP contribution in [0, 0.1) is 0 Å². The van der Waals surface area contributed by atoms with Gasteiger partial charge in [-0.15, -0.1) is 0 Å². The predicted octanol–water partition coefficient (Wildman–Crippen LogP) is 6.47. The van der Waals surface area contributed by atoms with Crippen LogP contribution in [0.3, 0.4) is 0 Å². The highest BCUT2D eigenvalue weighted by atomic mass is 16.5. The monoisotopic (exact) mass is 644 g/mol. The minimum atomic E-state index is -0.905. The summed E-state index contributed by atoms with van der Waals surface area (Å²) >= 11 is 0. The number of carbonyl (C=O) groups is 3. The van der Waals surface area contributed by atoms with Gasteiger partial charge in [-0.05, 0) is 71.3 Å². The predicted molar refractivity (Wildman–Crippen MR) is 183 cm³/mol. The molecule has 2 N–H and O–H groups in total. The van der Waals surface area contributed by atoms with Gasteiger partial charge in [-0.25, -0.2) is 4.79 Å². The van der Waals surface area contributed by atoms with Gasteiger partial charge in [0.15, 0.2) is 6.61 Å². The molecule has 244 valence electrons. The summed E-state index contributed by atoms with van der Waals surface area (Å²) in [5.74, 6) is 0.452. The van der Waals surface area contributed by atoms with E-state index in [1.54, 1.807) is 31.4 Å². The van der Waals surface area contributed by atoms with Crippen LogP contribution in [0.1, 0.15) is 21.5 Å². The Kier molecular flexibility index (Phi) is 11.4. The minimum Gasteiger partial charge on any atom is -0.497 e. The average Bonchev–Trinajstić information content (AvgIpc) is 3.14. The maximum Gasteiger partial charge on any atom is 0.328 e. The molecule has 0 bridgehead atoms. The van der Waals surface area contributed by atoms with Crippen molar-refractivity contribution >= 4 is 23.5 Å². The summed E-state index contributed by atoms with van der Waals surface area (Å²) in [4.78, 5) is 38.4. The van der Waals surface area contributed by atoms with E-state index < -0.39 is 17.9 Å². The average molecular weight is 645 g/mol. The molecule has 5 aromatic carbocycles. The largest absolute Gasteiger partial charge is 0.497 e. The molecule has 9 nitrogen and oxygen atoms in total. The van der Waals surface area contributed by atoms with Crippen molar-refractivity contribution in [3.63, 3.8) is 0 Å². The SMILES string of the molecule is COC(=O)C(Cc1ccc(OCc2ccccc2)cc1)NC(=O)c1ccc(OCC(=O)Nc2ccccc2-c2cccc(OC)c2)cc1. The summed E-state index contributed by atoms with van der Waals surface area (Å²) in [5, 5.41) is 5.66. The first-order valence-electron chi connectivity index (χ1n) is 15.3. The van der Waals surface area contributed by atoms with E-state index in [-0.39, 0.29) is 18.9 Å². The molecule has 0 fully saturated rings. The van der Waals surface area contributed by atoms with Crippen molar-refractivity contribution in [1.29, 1.82) is 0 Å². The number of anilines is 1. The van der Waals surface area contributed by atoms with Gasteiger partial charge < -0.3 is 29.6 Å². The highest BCUT2D eigenvalue weighted by molar-refractivity contribution is 5.97. The van der Waals surface area contributed by atoms with Gasteiger partial charge in [0.1, 0.15) is 29.9 Å². The smallest absolute Gasteiger partial charge is 0.328 e. The van der Waals surface area contributed by atoms with Crippen LogP contribution >= 0.6 is 0 Å². The fourth-order valence-corrected chi connectivity index (χ4v) is 4.95. The lowest BCUT2D eigenvalue weighted by molar-refractivity contribution is -0.142. The van der Waals surface area contributed by atoms with Crippen LogP contribution in [0.15, 0.2) is 127 Å². The van der Waals surface area contributed by atoms with Crippen LogP contribution in [0.5, 0.6) is 17.2 Å². The van der Waals surface area contributed by atoms with E-state index in [0.29, 0.717) is 35.1 Å². The molecular weight excluding hydrogens is 608 g/mol. The molecular formula is C39H36N2O7. The fraction of sp³-hybridized carbons (Fsp3) is 0.154. The number of hydrogen-bond acceptors (Lipinski definition) is 7. The third kappa shape index (κ3) is 9.23. The van der Waals surface area contributed by atoms with Gasteiger partial charge in [0.05, 0.1) is 14.2 Å². The lowest BCUT2D eigenvalue weighted by Crippen LogP contribution is -2.43. The Morgan fingerprint density at radius 1 is 0.667 bits per heavy atom. The molecule has 0 aliphatic rings. The molecule has 1 unspecified atom stereocenters. The summed E-state index contributed by atoms with van der Waals surface area (Å²) in [7, 11) is 2.88. The molecule has 48 heavy (non-hydrogen) atoms. The summed E-state index contributed by atoms with van der Waals surface area (Å²) in [6.45, 7) is 0.205. The molecule has 0 radical (unpaired) electrons. The molecule has 0 saturated carbocycles. The van der Waals surface area contributed by atoms with Gasteiger partial charge in [-0.2, -0.15) is 0 Å². The highest BCUT2D eigenvalue weighted by Crippen LogP contribution is 2.30. The Labute approximate surface area is 279 Å². The van der Waals surface area contributed by atoms with E-state index in [0.717, 1.165) is 22.3 Å². The molecule has 1 atom stereocenters. The zero-order valence-electron chi connectivity index (χ0n) is 26.7. The van der Waals surface area contributed by atoms with Crippen molar-refractivity contribution in [2.75, 3.05) is 26.1 Å². The Morgan fingerprint density at radius 3 is 2.08 bits per heavy atom. The lowest BCUT2D eigenvalue weighted by Gasteiger charge is -2.17. The lowest BCUT2D eigenvalue weighted by atomic mass is 10.0. The fourth-order valence-electron chi connectivity index (χ4n) is 4.95. The maximum absolute atomic E-state index is 13.1. The third-order valence-corrected chi connectivity index (χ3v) is 7.47. The van der Waals surface area contributed by atoms with Crippen LogP contribution in [-0.2, 0) is 27.4 Å². The summed E-state index contributed by atoms with van der Waals surface area (Å²) in [5.41, 5.74) is 4.58. The number of hydrogen-bond donors (Lipinski definition) is 2. The Hall–Kier alpha value is -6.09. The number of nitrogens with one attached hydrogen (secondary N) is 2. The first-order valence-corrected chi connectivity index (χ1v) is 15.3. The molecule has 0 aliphatic heterocycles. The van der Waals surface area contributed by atoms with Gasteiger partial charge >= 0.3 is 5.97 Å². The summed E-state index contributed by atoms with van der Waals surface area (Å²) < 4.78 is 21.8. The molecule has 0 aromatic heterocycles. The topological polar surface area (TPSA) is 112 Å². The van der Waals surface area contributed by atoms with Crippen LogP contribution < -0.4 is 24.8 Å². The number of benzene rings is 5.